The lowest BCUT2D eigenvalue weighted by atomic mass is 10.2. The van der Waals surface area contributed by atoms with Gasteiger partial charge in [0.25, 0.3) is 5.91 Å². The van der Waals surface area contributed by atoms with E-state index in [1.54, 1.807) is 7.11 Å². The molecule has 0 aromatic heterocycles. The minimum Gasteiger partial charge on any atom is -0.477 e. The first-order valence-corrected chi connectivity index (χ1v) is 6.74. The van der Waals surface area contributed by atoms with E-state index in [2.05, 4.69) is 10.1 Å². The molecule has 0 saturated carbocycles. The van der Waals surface area contributed by atoms with E-state index in [1.165, 1.54) is 19.2 Å². The van der Waals surface area contributed by atoms with Crippen molar-refractivity contribution in [2.24, 2.45) is 0 Å². The zero-order valence-electron chi connectivity index (χ0n) is 12.9. The molecule has 0 bridgehead atoms. The number of carbonyl (C=O) groups excluding carboxylic acids is 2. The van der Waals surface area contributed by atoms with Gasteiger partial charge in [-0.15, -0.1) is 0 Å². The zero-order chi connectivity index (χ0) is 17.2. The van der Waals surface area contributed by atoms with E-state index >= 15 is 0 Å². The first-order valence-electron chi connectivity index (χ1n) is 6.74. The Bertz CT molecular complexity index is 574. The number of carbonyl (C=O) groups is 2. The highest BCUT2D eigenvalue weighted by atomic mass is 16.6. The second kappa shape index (κ2) is 9.36. The maximum Gasteiger partial charge on any atom is 0.338 e. The van der Waals surface area contributed by atoms with Gasteiger partial charge in [-0.3, -0.25) is 14.9 Å². The molecule has 0 aliphatic rings. The molecule has 0 spiro atoms. The molecular formula is C14H18N2O7. The van der Waals surface area contributed by atoms with Crippen molar-refractivity contribution in [3.05, 3.63) is 33.9 Å². The van der Waals surface area contributed by atoms with Crippen LogP contribution in [0.5, 0.6) is 5.75 Å². The monoisotopic (exact) mass is 326 g/mol. The van der Waals surface area contributed by atoms with Crippen molar-refractivity contribution in [3.8, 4) is 5.75 Å². The molecule has 9 nitrogen and oxygen atoms in total. The van der Waals surface area contributed by atoms with Gasteiger partial charge in [0.2, 0.25) is 0 Å². The smallest absolute Gasteiger partial charge is 0.338 e. The molecule has 126 valence electrons. The highest BCUT2D eigenvalue weighted by Crippen LogP contribution is 2.28. The number of ether oxygens (including phenoxy) is 3. The summed E-state index contributed by atoms with van der Waals surface area (Å²) in [6.45, 7) is 0.562. The van der Waals surface area contributed by atoms with E-state index in [4.69, 9.17) is 9.47 Å². The van der Waals surface area contributed by atoms with Crippen LogP contribution in [-0.2, 0) is 14.3 Å². The van der Waals surface area contributed by atoms with Gasteiger partial charge in [-0.25, -0.2) is 4.79 Å². The Morgan fingerprint density at radius 1 is 1.30 bits per heavy atom. The summed E-state index contributed by atoms with van der Waals surface area (Å²) in [5, 5.41) is 13.6. The number of benzene rings is 1. The molecule has 1 aromatic carbocycles. The lowest BCUT2D eigenvalue weighted by Crippen LogP contribution is -2.30. The number of hydrogen-bond acceptors (Lipinski definition) is 7. The number of amides is 1. The van der Waals surface area contributed by atoms with E-state index in [-0.39, 0.29) is 17.9 Å². The van der Waals surface area contributed by atoms with Crippen LogP contribution in [0.1, 0.15) is 16.8 Å². The van der Waals surface area contributed by atoms with Crippen LogP contribution in [0.4, 0.5) is 5.69 Å². The minimum absolute atomic E-state index is 0.0237. The van der Waals surface area contributed by atoms with Crippen molar-refractivity contribution in [2.75, 3.05) is 34.0 Å². The normalized spacial score (nSPS) is 10.0. The second-order valence-electron chi connectivity index (χ2n) is 4.42. The SMILES string of the molecule is COCCCNC(=O)COc1ccc(C(=O)OC)cc1[N+](=O)[O-]. The topological polar surface area (TPSA) is 117 Å². The quantitative estimate of drug-likeness (QED) is 0.310. The maximum absolute atomic E-state index is 11.6. The van der Waals surface area contributed by atoms with Gasteiger partial charge in [0.1, 0.15) is 0 Å². The predicted octanol–water partition coefficient (Wildman–Crippen LogP) is 0.913. The number of nitrogens with zero attached hydrogens (tertiary/aromatic N) is 1. The summed E-state index contributed by atoms with van der Waals surface area (Å²) in [6.07, 6.45) is 0.649. The fourth-order valence-electron chi connectivity index (χ4n) is 1.67. The lowest BCUT2D eigenvalue weighted by Gasteiger charge is -2.08. The van der Waals surface area contributed by atoms with Crippen LogP contribution in [0, 0.1) is 10.1 Å². The second-order valence-corrected chi connectivity index (χ2v) is 4.42. The van der Waals surface area contributed by atoms with Gasteiger partial charge in [-0.05, 0) is 18.6 Å². The summed E-state index contributed by atoms with van der Waals surface area (Å²) in [4.78, 5) is 33.3. The third-order valence-electron chi connectivity index (χ3n) is 2.78. The van der Waals surface area contributed by atoms with Crippen LogP contribution in [0.3, 0.4) is 0 Å². The molecule has 0 saturated heterocycles. The summed E-state index contributed by atoms with van der Waals surface area (Å²) in [6, 6.07) is 3.62. The van der Waals surface area contributed by atoms with Gasteiger partial charge < -0.3 is 19.5 Å². The molecule has 0 aliphatic carbocycles. The van der Waals surface area contributed by atoms with Gasteiger partial charge in [0.15, 0.2) is 12.4 Å². The van der Waals surface area contributed by atoms with Gasteiger partial charge in [0, 0.05) is 26.3 Å². The Kier molecular flexibility index (Phi) is 7.48. The van der Waals surface area contributed by atoms with E-state index in [0.29, 0.717) is 19.6 Å². The number of nitrogens with one attached hydrogen (secondary N) is 1. The Morgan fingerprint density at radius 3 is 2.65 bits per heavy atom. The molecule has 1 aromatic rings. The third kappa shape index (κ3) is 5.91. The average Bonchev–Trinajstić information content (AvgIpc) is 2.55. The maximum atomic E-state index is 11.6. The van der Waals surface area contributed by atoms with E-state index < -0.39 is 22.5 Å². The first-order chi connectivity index (χ1) is 11.0. The largest absolute Gasteiger partial charge is 0.477 e. The van der Waals surface area contributed by atoms with Crippen molar-refractivity contribution < 1.29 is 28.7 Å². The van der Waals surface area contributed by atoms with Gasteiger partial charge >= 0.3 is 11.7 Å². The molecule has 0 aliphatic heterocycles. The van der Waals surface area contributed by atoms with E-state index in [0.717, 1.165) is 6.07 Å². The Morgan fingerprint density at radius 2 is 2.04 bits per heavy atom. The predicted molar refractivity (Wildman–Crippen MR) is 79.4 cm³/mol. The number of nitro groups is 1. The Hall–Kier alpha value is -2.68. The fourth-order valence-corrected chi connectivity index (χ4v) is 1.67. The summed E-state index contributed by atoms with van der Waals surface area (Å²) in [7, 11) is 2.73. The average molecular weight is 326 g/mol. The van der Waals surface area contributed by atoms with Crippen molar-refractivity contribution >= 4 is 17.6 Å². The molecule has 1 amide bonds. The molecule has 1 rings (SSSR count). The van der Waals surface area contributed by atoms with Crippen LogP contribution in [0.15, 0.2) is 18.2 Å². The molecule has 0 heterocycles. The van der Waals surface area contributed by atoms with Crippen molar-refractivity contribution in [2.45, 2.75) is 6.42 Å². The number of hydrogen-bond donors (Lipinski definition) is 1. The summed E-state index contributed by atoms with van der Waals surface area (Å²) in [5.74, 6) is -1.21. The zero-order valence-corrected chi connectivity index (χ0v) is 12.9. The van der Waals surface area contributed by atoms with Gasteiger partial charge in [-0.2, -0.15) is 0 Å². The van der Waals surface area contributed by atoms with Gasteiger partial charge in [-0.1, -0.05) is 0 Å². The van der Waals surface area contributed by atoms with E-state index in [9.17, 15) is 19.7 Å². The van der Waals surface area contributed by atoms with Crippen molar-refractivity contribution in [1.82, 2.24) is 5.32 Å². The lowest BCUT2D eigenvalue weighted by molar-refractivity contribution is -0.385. The summed E-state index contributed by atoms with van der Waals surface area (Å²) < 4.78 is 14.5. The molecule has 23 heavy (non-hydrogen) atoms. The standard InChI is InChI=1S/C14H18N2O7/c1-21-7-3-6-15-13(17)9-23-12-5-4-10(14(18)22-2)8-11(12)16(19)20/h4-5,8H,3,6-7,9H2,1-2H3,(H,15,17). The van der Waals surface area contributed by atoms with Gasteiger partial charge in [0.05, 0.1) is 17.6 Å². The first kappa shape index (κ1) is 18.4. The van der Waals surface area contributed by atoms with Crippen LogP contribution >= 0.6 is 0 Å². The fraction of sp³-hybridized carbons (Fsp3) is 0.429. The summed E-state index contributed by atoms with van der Waals surface area (Å²) >= 11 is 0. The minimum atomic E-state index is -0.699. The van der Waals surface area contributed by atoms with Crippen molar-refractivity contribution in [1.29, 1.82) is 0 Å². The molecule has 9 heteroatoms. The molecule has 0 radical (unpaired) electrons. The third-order valence-corrected chi connectivity index (χ3v) is 2.78. The Balaban J connectivity index is 2.67. The summed E-state index contributed by atoms with van der Waals surface area (Å²) in [5.41, 5.74) is -0.393. The Labute approximate surface area is 132 Å². The highest BCUT2D eigenvalue weighted by Gasteiger charge is 2.19. The van der Waals surface area contributed by atoms with Crippen LogP contribution in [0.2, 0.25) is 0 Å². The number of nitro benzene ring substituents is 1. The number of methoxy groups -OCH3 is 2. The molecular weight excluding hydrogens is 308 g/mol. The van der Waals surface area contributed by atoms with Crippen LogP contribution in [-0.4, -0.2) is 50.8 Å². The highest BCUT2D eigenvalue weighted by molar-refractivity contribution is 5.90. The molecule has 0 unspecified atom stereocenters. The van der Waals surface area contributed by atoms with E-state index in [1.807, 2.05) is 0 Å². The van der Waals surface area contributed by atoms with Crippen LogP contribution < -0.4 is 10.1 Å². The van der Waals surface area contributed by atoms with Crippen LogP contribution in [0.25, 0.3) is 0 Å². The molecule has 1 N–H and O–H groups in total. The molecule has 0 fully saturated rings. The number of rotatable bonds is 9. The van der Waals surface area contributed by atoms with Crippen molar-refractivity contribution in [3.63, 3.8) is 0 Å². The number of esters is 1. The molecule has 0 atom stereocenters.